The van der Waals surface area contributed by atoms with Crippen molar-refractivity contribution in [2.75, 3.05) is 0 Å². The van der Waals surface area contributed by atoms with E-state index >= 15 is 0 Å². The van der Waals surface area contributed by atoms with Gasteiger partial charge in [0.2, 0.25) is 0 Å². The fourth-order valence-electron chi connectivity index (χ4n) is 2.71. The van der Waals surface area contributed by atoms with E-state index in [1.165, 1.54) is 0 Å². The van der Waals surface area contributed by atoms with Crippen LogP contribution >= 0.6 is 0 Å². The third-order valence-corrected chi connectivity index (χ3v) is 5.19. The Bertz CT molecular complexity index is 448. The van der Waals surface area contributed by atoms with Crippen LogP contribution in [0.1, 0.15) is 87.5 Å². The van der Waals surface area contributed by atoms with E-state index in [9.17, 15) is 9.59 Å². The van der Waals surface area contributed by atoms with Gasteiger partial charge in [0, 0.05) is 0 Å². The molecule has 0 aromatic heterocycles. The molecule has 4 heteroatoms. The van der Waals surface area contributed by atoms with Crippen molar-refractivity contribution in [2.45, 2.75) is 98.7 Å². The van der Waals surface area contributed by atoms with E-state index < -0.39 is 22.0 Å². The summed E-state index contributed by atoms with van der Waals surface area (Å²) < 4.78 is 11.8. The van der Waals surface area contributed by atoms with Gasteiger partial charge < -0.3 is 9.47 Å². The van der Waals surface area contributed by atoms with Crippen LogP contribution in [0.2, 0.25) is 0 Å². The predicted molar refractivity (Wildman–Crippen MR) is 91.0 cm³/mol. The second kappa shape index (κ2) is 6.45. The van der Waals surface area contributed by atoms with Crippen molar-refractivity contribution in [3.63, 3.8) is 0 Å². The summed E-state index contributed by atoms with van der Waals surface area (Å²) >= 11 is 0. The molecule has 0 amide bonds. The van der Waals surface area contributed by atoms with E-state index in [4.69, 9.17) is 9.47 Å². The highest BCUT2D eigenvalue weighted by Gasteiger charge is 2.54. The van der Waals surface area contributed by atoms with E-state index in [-0.39, 0.29) is 11.9 Å². The monoisotopic (exact) mass is 326 g/mol. The van der Waals surface area contributed by atoms with Crippen LogP contribution in [0.15, 0.2) is 0 Å². The summed E-state index contributed by atoms with van der Waals surface area (Å²) in [4.78, 5) is 25.0. The zero-order valence-electron chi connectivity index (χ0n) is 16.2. The van der Waals surface area contributed by atoms with Crippen molar-refractivity contribution in [1.29, 1.82) is 0 Å². The molecular formula is C19H34O4. The minimum absolute atomic E-state index is 0.207. The quantitative estimate of drug-likeness (QED) is 0.690. The Labute approximate surface area is 141 Å². The second-order valence-corrected chi connectivity index (χ2v) is 8.98. The molecule has 0 atom stereocenters. The Morgan fingerprint density at radius 2 is 1.39 bits per heavy atom. The van der Waals surface area contributed by atoms with E-state index in [1.54, 1.807) is 0 Å². The molecule has 0 aliphatic heterocycles. The molecule has 0 unspecified atom stereocenters. The van der Waals surface area contributed by atoms with E-state index in [2.05, 4.69) is 0 Å². The molecule has 0 aromatic carbocycles. The molecule has 0 aromatic rings. The summed E-state index contributed by atoms with van der Waals surface area (Å²) in [7, 11) is 0. The summed E-state index contributed by atoms with van der Waals surface area (Å²) in [5.41, 5.74) is -2.67. The second-order valence-electron chi connectivity index (χ2n) is 8.98. The first-order valence-electron chi connectivity index (χ1n) is 8.74. The lowest BCUT2D eigenvalue weighted by Gasteiger charge is -2.44. The molecule has 1 fully saturated rings. The highest BCUT2D eigenvalue weighted by Crippen LogP contribution is 2.45. The van der Waals surface area contributed by atoms with E-state index in [0.29, 0.717) is 6.42 Å². The van der Waals surface area contributed by atoms with Gasteiger partial charge in [0.1, 0.15) is 5.60 Å². The lowest BCUT2D eigenvalue weighted by molar-refractivity contribution is -0.215. The van der Waals surface area contributed by atoms with Gasteiger partial charge in [-0.05, 0) is 80.6 Å². The van der Waals surface area contributed by atoms with Crippen LogP contribution in [0.4, 0.5) is 0 Å². The van der Waals surface area contributed by atoms with Crippen LogP contribution in [0.25, 0.3) is 0 Å². The molecule has 0 saturated heterocycles. The number of carbonyl (C=O) groups excluding carboxylic acids is 2. The lowest BCUT2D eigenvalue weighted by atomic mass is 9.82. The first-order chi connectivity index (χ1) is 10.3. The number of rotatable bonds is 5. The fourth-order valence-corrected chi connectivity index (χ4v) is 2.71. The molecule has 0 spiro atoms. The Balaban J connectivity index is 3.04. The normalized spacial score (nSPS) is 18.6. The fraction of sp³-hybridized carbons (Fsp3) is 0.895. The average Bonchev–Trinajstić information content (AvgIpc) is 2.87. The first-order valence-corrected chi connectivity index (χ1v) is 8.74. The van der Waals surface area contributed by atoms with Gasteiger partial charge >= 0.3 is 11.9 Å². The summed E-state index contributed by atoms with van der Waals surface area (Å²) in [6.07, 6.45) is 4.16. The number of hydrogen-bond donors (Lipinski definition) is 0. The maximum atomic E-state index is 12.6. The van der Waals surface area contributed by atoms with Crippen LogP contribution in [0, 0.1) is 10.8 Å². The molecule has 1 rings (SSSR count). The molecule has 0 heterocycles. The number of carbonyl (C=O) groups is 2. The van der Waals surface area contributed by atoms with Crippen molar-refractivity contribution in [3.8, 4) is 0 Å². The molecule has 1 aliphatic carbocycles. The minimum Gasteiger partial charge on any atom is -0.455 e. The van der Waals surface area contributed by atoms with Gasteiger partial charge in [-0.15, -0.1) is 0 Å². The number of esters is 2. The van der Waals surface area contributed by atoms with Gasteiger partial charge in [-0.25, -0.2) is 0 Å². The third-order valence-electron chi connectivity index (χ3n) is 5.19. The number of ether oxygens (including phenoxy) is 2. The van der Waals surface area contributed by atoms with Crippen LogP contribution in [0.5, 0.6) is 0 Å². The molecule has 1 aliphatic rings. The van der Waals surface area contributed by atoms with Gasteiger partial charge in [-0.2, -0.15) is 0 Å². The van der Waals surface area contributed by atoms with Crippen molar-refractivity contribution in [1.82, 2.24) is 0 Å². The average molecular weight is 326 g/mol. The molecule has 0 radical (unpaired) electrons. The molecule has 134 valence electrons. The zero-order chi connectivity index (χ0) is 18.1. The molecule has 4 nitrogen and oxygen atoms in total. The highest BCUT2D eigenvalue weighted by atomic mass is 16.6. The standard InChI is InChI=1S/C19H34O4/c1-9-17(5,6)15(21)23-19(12-10-11-13-19)18(7,8)22-14(20)16(2,3)4/h9-13H2,1-8H3. The molecule has 1 saturated carbocycles. The van der Waals surface area contributed by atoms with Crippen LogP contribution in [-0.4, -0.2) is 23.1 Å². The molecule has 0 bridgehead atoms. The van der Waals surface area contributed by atoms with Crippen molar-refractivity contribution < 1.29 is 19.1 Å². The zero-order valence-corrected chi connectivity index (χ0v) is 16.2. The summed E-state index contributed by atoms with van der Waals surface area (Å²) in [6, 6.07) is 0. The maximum absolute atomic E-state index is 12.6. The van der Waals surface area contributed by atoms with Crippen LogP contribution in [0.3, 0.4) is 0 Å². The minimum atomic E-state index is -0.840. The maximum Gasteiger partial charge on any atom is 0.312 e. The Kier molecular flexibility index (Phi) is 5.60. The summed E-state index contributed by atoms with van der Waals surface area (Å²) in [5.74, 6) is -0.471. The van der Waals surface area contributed by atoms with Gasteiger partial charge in [0.15, 0.2) is 5.60 Å². The van der Waals surface area contributed by atoms with Crippen LogP contribution < -0.4 is 0 Å². The Morgan fingerprint density at radius 3 is 1.78 bits per heavy atom. The highest BCUT2D eigenvalue weighted by molar-refractivity contribution is 5.77. The lowest BCUT2D eigenvalue weighted by Crippen LogP contribution is -2.56. The summed E-state index contributed by atoms with van der Waals surface area (Å²) in [6.45, 7) is 15.0. The first kappa shape index (κ1) is 20.0. The summed E-state index contributed by atoms with van der Waals surface area (Å²) in [5, 5.41) is 0. The Morgan fingerprint density at radius 1 is 0.913 bits per heavy atom. The van der Waals surface area contributed by atoms with Crippen molar-refractivity contribution >= 4 is 11.9 Å². The molecule has 0 N–H and O–H groups in total. The van der Waals surface area contributed by atoms with Gasteiger partial charge in [0.25, 0.3) is 0 Å². The Hall–Kier alpha value is -1.06. The van der Waals surface area contributed by atoms with Crippen molar-refractivity contribution in [2.24, 2.45) is 10.8 Å². The molecule has 23 heavy (non-hydrogen) atoms. The van der Waals surface area contributed by atoms with E-state index in [0.717, 1.165) is 25.7 Å². The SMILES string of the molecule is CCC(C)(C)C(=O)OC1(C(C)(C)OC(=O)C(C)(C)C)CCCC1. The van der Waals surface area contributed by atoms with Gasteiger partial charge in [-0.1, -0.05) is 6.92 Å². The predicted octanol–water partition coefficient (Wildman–Crippen LogP) is 4.65. The van der Waals surface area contributed by atoms with Crippen molar-refractivity contribution in [3.05, 3.63) is 0 Å². The van der Waals surface area contributed by atoms with Gasteiger partial charge in [-0.3, -0.25) is 9.59 Å². The molecular weight excluding hydrogens is 292 g/mol. The largest absolute Gasteiger partial charge is 0.455 e. The third kappa shape index (κ3) is 4.27. The van der Waals surface area contributed by atoms with Crippen LogP contribution in [-0.2, 0) is 19.1 Å². The smallest absolute Gasteiger partial charge is 0.312 e. The topological polar surface area (TPSA) is 52.6 Å². The van der Waals surface area contributed by atoms with Gasteiger partial charge in [0.05, 0.1) is 10.8 Å². The number of hydrogen-bond acceptors (Lipinski definition) is 4. The van der Waals surface area contributed by atoms with E-state index in [1.807, 2.05) is 55.4 Å².